The maximum Gasteiger partial charge on any atom is 0.335 e. The summed E-state index contributed by atoms with van der Waals surface area (Å²) >= 11 is 0. The lowest BCUT2D eigenvalue weighted by Gasteiger charge is -2.35. The van der Waals surface area contributed by atoms with Crippen LogP contribution in [-0.2, 0) is 27.7 Å². The number of carbonyl (C=O) groups excluding carboxylic acids is 2. The fourth-order valence-electron chi connectivity index (χ4n) is 7.97. The molecule has 2 amide bonds. The number of carboxylic acid groups (broad SMARTS) is 2. The molecule has 2 aliphatic carbocycles. The first-order valence-electron chi connectivity index (χ1n) is 20.2. The van der Waals surface area contributed by atoms with Crippen LogP contribution >= 0.6 is 0 Å². The molecule has 0 spiro atoms. The van der Waals surface area contributed by atoms with Crippen molar-refractivity contribution in [1.29, 1.82) is 0 Å². The van der Waals surface area contributed by atoms with Gasteiger partial charge in [-0.2, -0.15) is 4.31 Å². The number of rotatable bonds is 15. The molecule has 4 aromatic carbocycles. The van der Waals surface area contributed by atoms with Crippen molar-refractivity contribution in [3.8, 4) is 0 Å². The van der Waals surface area contributed by atoms with Gasteiger partial charge in [-0.15, -0.1) is 0 Å². The van der Waals surface area contributed by atoms with Crippen LogP contribution in [0.5, 0.6) is 0 Å². The zero-order chi connectivity index (χ0) is 40.8. The van der Waals surface area contributed by atoms with E-state index in [1.807, 2.05) is 42.5 Å². The summed E-state index contributed by atoms with van der Waals surface area (Å²) in [5.74, 6) is -2.98. The van der Waals surface area contributed by atoms with Crippen LogP contribution in [0.3, 0.4) is 0 Å². The molecule has 4 aromatic rings. The first-order valence-corrected chi connectivity index (χ1v) is 21.7. The molecule has 12 nitrogen and oxygen atoms in total. The van der Waals surface area contributed by atoms with Crippen LogP contribution in [-0.4, -0.2) is 72.4 Å². The van der Waals surface area contributed by atoms with E-state index < -0.39 is 39.7 Å². The second-order valence-electron chi connectivity index (χ2n) is 15.8. The zero-order valence-electron chi connectivity index (χ0n) is 32.4. The van der Waals surface area contributed by atoms with Crippen LogP contribution in [0.4, 0.5) is 17.1 Å². The number of anilines is 3. The first-order chi connectivity index (χ1) is 27.9. The van der Waals surface area contributed by atoms with Crippen molar-refractivity contribution < 1.29 is 37.8 Å². The lowest BCUT2D eigenvalue weighted by Crippen LogP contribution is -2.44. The standard InChI is InChI=1S/C45H50N4O8S/c50-42(35-5-4-6-39(27-35)58(56,57)49(29-32-9-10-32)37-21-17-34(18-22-37)45(54)55)47-41-24-23-38(48-25-2-1-3-26-48)28-40(41)43(51)46-36-19-13-31(14-20-36)8-7-30-11-15-33(16-12-30)44(52)53/h4-6,11-16,19-20,23-24,27-28,32,34,37H,1-3,7-10,17-18,21-22,25-26,29H2,(H,46,51)(H,47,50)(H,52,53)(H,54,55). The van der Waals surface area contributed by atoms with E-state index in [0.717, 1.165) is 74.8 Å². The van der Waals surface area contributed by atoms with Crippen molar-refractivity contribution in [1.82, 2.24) is 4.31 Å². The third-order valence-electron chi connectivity index (χ3n) is 11.6. The van der Waals surface area contributed by atoms with Gasteiger partial charge in [-0.25, -0.2) is 13.2 Å². The summed E-state index contributed by atoms with van der Waals surface area (Å²) in [6.07, 6.45) is 8.36. The Morgan fingerprint density at radius 3 is 1.97 bits per heavy atom. The molecular weight excluding hydrogens is 757 g/mol. The summed E-state index contributed by atoms with van der Waals surface area (Å²) in [5.41, 5.74) is 4.43. The van der Waals surface area contributed by atoms with E-state index in [1.165, 1.54) is 16.4 Å². The second-order valence-corrected chi connectivity index (χ2v) is 17.7. The number of hydrogen-bond donors (Lipinski definition) is 4. The third-order valence-corrected chi connectivity index (χ3v) is 13.5. The second kappa shape index (κ2) is 17.9. The summed E-state index contributed by atoms with van der Waals surface area (Å²) in [5, 5.41) is 24.5. The van der Waals surface area contributed by atoms with E-state index in [1.54, 1.807) is 36.4 Å². The molecular formula is C45H50N4O8S. The molecule has 3 fully saturated rings. The number of benzene rings is 4. The fraction of sp³-hybridized carbons (Fsp3) is 0.378. The number of amides is 2. The number of sulfonamides is 1. The lowest BCUT2D eigenvalue weighted by molar-refractivity contribution is -0.143. The number of carboxylic acids is 2. The van der Waals surface area contributed by atoms with Gasteiger partial charge in [0.05, 0.1) is 27.6 Å². The molecule has 304 valence electrons. The Balaban J connectivity index is 1.07. The highest BCUT2D eigenvalue weighted by atomic mass is 32.2. The van der Waals surface area contributed by atoms with Crippen molar-refractivity contribution in [2.24, 2.45) is 11.8 Å². The number of nitrogens with one attached hydrogen (secondary N) is 2. The van der Waals surface area contributed by atoms with Gasteiger partial charge in [0, 0.05) is 42.6 Å². The van der Waals surface area contributed by atoms with Gasteiger partial charge in [0.25, 0.3) is 11.8 Å². The van der Waals surface area contributed by atoms with E-state index in [2.05, 4.69) is 15.5 Å². The molecule has 0 bridgehead atoms. The van der Waals surface area contributed by atoms with Crippen molar-refractivity contribution in [3.63, 3.8) is 0 Å². The summed E-state index contributed by atoms with van der Waals surface area (Å²) in [6.45, 7) is 2.09. The third kappa shape index (κ3) is 9.94. The molecule has 4 N–H and O–H groups in total. The smallest absolute Gasteiger partial charge is 0.335 e. The Kier molecular flexibility index (Phi) is 12.6. The summed E-state index contributed by atoms with van der Waals surface area (Å²) < 4.78 is 29.9. The lowest BCUT2D eigenvalue weighted by atomic mass is 9.86. The molecule has 0 atom stereocenters. The Morgan fingerprint density at radius 2 is 1.34 bits per heavy atom. The van der Waals surface area contributed by atoms with Crippen molar-refractivity contribution in [3.05, 3.63) is 119 Å². The van der Waals surface area contributed by atoms with Gasteiger partial charge >= 0.3 is 11.9 Å². The maximum absolute atomic E-state index is 14.2. The minimum Gasteiger partial charge on any atom is -0.481 e. The Hall–Kier alpha value is -5.53. The minimum atomic E-state index is -4.01. The molecule has 0 radical (unpaired) electrons. The molecule has 2 saturated carbocycles. The highest BCUT2D eigenvalue weighted by Gasteiger charge is 2.39. The van der Waals surface area contributed by atoms with Crippen molar-refractivity contribution >= 4 is 50.8 Å². The minimum absolute atomic E-state index is 0.000824. The van der Waals surface area contributed by atoms with Gasteiger partial charge in [0.15, 0.2) is 0 Å². The van der Waals surface area contributed by atoms with E-state index in [9.17, 15) is 32.7 Å². The Bertz CT molecular complexity index is 2240. The Labute approximate surface area is 339 Å². The fourth-order valence-corrected chi connectivity index (χ4v) is 9.78. The normalized spacial score (nSPS) is 18.4. The average Bonchev–Trinajstić information content (AvgIpc) is 4.07. The van der Waals surface area contributed by atoms with E-state index in [4.69, 9.17) is 5.11 Å². The number of carbonyl (C=O) groups is 4. The van der Waals surface area contributed by atoms with Gasteiger partial charge in [0.2, 0.25) is 10.0 Å². The number of nitrogens with zero attached hydrogens (tertiary/aromatic N) is 2. The average molecular weight is 807 g/mol. The summed E-state index contributed by atoms with van der Waals surface area (Å²) in [4.78, 5) is 52.8. The SMILES string of the molecule is O=C(O)c1ccc(CCc2ccc(NC(=O)c3cc(N4CCCCC4)ccc3NC(=O)c3cccc(S(=O)(=O)N(CC4CC4)C4CCC(C(=O)O)CC4)c3)cc2)cc1. The maximum atomic E-state index is 14.2. The molecule has 1 heterocycles. The molecule has 0 unspecified atom stereocenters. The number of aromatic carboxylic acids is 1. The van der Waals surface area contributed by atoms with E-state index in [0.29, 0.717) is 37.9 Å². The van der Waals surface area contributed by atoms with Crippen LogP contribution in [0.1, 0.15) is 100.0 Å². The van der Waals surface area contributed by atoms with Gasteiger partial charge in [0.1, 0.15) is 0 Å². The predicted octanol–water partition coefficient (Wildman–Crippen LogP) is 7.71. The van der Waals surface area contributed by atoms with Crippen LogP contribution in [0.2, 0.25) is 0 Å². The number of aliphatic carboxylic acids is 1. The monoisotopic (exact) mass is 806 g/mol. The van der Waals surface area contributed by atoms with Gasteiger partial charge < -0.3 is 25.7 Å². The highest BCUT2D eigenvalue weighted by molar-refractivity contribution is 7.89. The molecule has 58 heavy (non-hydrogen) atoms. The first kappa shape index (κ1) is 40.7. The molecule has 1 saturated heterocycles. The molecule has 13 heteroatoms. The van der Waals surface area contributed by atoms with E-state index >= 15 is 0 Å². The van der Waals surface area contributed by atoms with Crippen LogP contribution < -0.4 is 15.5 Å². The molecule has 0 aromatic heterocycles. The highest BCUT2D eigenvalue weighted by Crippen LogP contribution is 2.37. The summed E-state index contributed by atoms with van der Waals surface area (Å²) in [7, 11) is -4.01. The van der Waals surface area contributed by atoms with Crippen molar-refractivity contribution in [2.45, 2.75) is 81.6 Å². The van der Waals surface area contributed by atoms with Gasteiger partial charge in [-0.1, -0.05) is 30.3 Å². The summed E-state index contributed by atoms with van der Waals surface area (Å²) in [6, 6.07) is 25.4. The van der Waals surface area contributed by atoms with Crippen molar-refractivity contribution in [2.75, 3.05) is 35.2 Å². The van der Waals surface area contributed by atoms with Crippen LogP contribution in [0.25, 0.3) is 0 Å². The van der Waals surface area contributed by atoms with Gasteiger partial charge in [-0.05, 0) is 148 Å². The zero-order valence-corrected chi connectivity index (χ0v) is 33.3. The predicted molar refractivity (Wildman–Crippen MR) is 222 cm³/mol. The number of aryl methyl sites for hydroxylation is 2. The Morgan fingerprint density at radius 1 is 0.690 bits per heavy atom. The van der Waals surface area contributed by atoms with Crippen LogP contribution in [0.15, 0.2) is 95.9 Å². The quantitative estimate of drug-likeness (QED) is 0.0939. The van der Waals surface area contributed by atoms with Gasteiger partial charge in [-0.3, -0.25) is 14.4 Å². The largest absolute Gasteiger partial charge is 0.481 e. The molecule has 3 aliphatic rings. The number of piperidine rings is 1. The molecule has 7 rings (SSSR count). The topological polar surface area (TPSA) is 173 Å². The van der Waals surface area contributed by atoms with E-state index in [-0.39, 0.29) is 39.2 Å². The molecule has 1 aliphatic heterocycles. The number of hydrogen-bond acceptors (Lipinski definition) is 7. The van der Waals surface area contributed by atoms with Crippen LogP contribution in [0, 0.1) is 11.8 Å².